The molecule has 4 aliphatic heterocycles. The number of esters is 2. The van der Waals surface area contributed by atoms with Gasteiger partial charge in [-0.1, -0.05) is 42.9 Å². The zero-order valence-corrected chi connectivity index (χ0v) is 29.6. The Kier molecular flexibility index (Phi) is 9.18. The number of carbonyl (C=O) groups excluding carboxylic acids is 2. The second kappa shape index (κ2) is 13.2. The zero-order chi connectivity index (χ0) is 32.9. The first kappa shape index (κ1) is 32.7. The molecule has 2 atom stereocenters. The van der Waals surface area contributed by atoms with Gasteiger partial charge in [0, 0.05) is 35.6 Å². The number of hydrogen-bond acceptors (Lipinski definition) is 9. The van der Waals surface area contributed by atoms with Crippen LogP contribution in [0, 0.1) is 0 Å². The van der Waals surface area contributed by atoms with E-state index in [0.717, 1.165) is 53.7 Å². The number of cyclic esters (lactones) is 1. The number of fused-ring (bicyclic) bond motifs is 5. The van der Waals surface area contributed by atoms with Crippen LogP contribution in [0.1, 0.15) is 81.5 Å². The average Bonchev–Trinajstić information content (AvgIpc) is 3.44. The zero-order valence-electron chi connectivity index (χ0n) is 27.5. The van der Waals surface area contributed by atoms with Gasteiger partial charge in [0.15, 0.2) is 5.60 Å². The minimum Gasteiger partial charge on any atom is -0.458 e. The number of nitrogens with zero attached hydrogens (tertiary/aromatic N) is 4. The predicted molar refractivity (Wildman–Crippen MR) is 187 cm³/mol. The van der Waals surface area contributed by atoms with Crippen LogP contribution >= 0.6 is 22.6 Å². The summed E-state index contributed by atoms with van der Waals surface area (Å²) in [5.74, 6) is -0.223. The molecule has 0 saturated carbocycles. The minimum absolute atomic E-state index is 0.0778. The van der Waals surface area contributed by atoms with Gasteiger partial charge in [-0.3, -0.25) is 14.5 Å². The molecule has 1 unspecified atom stereocenters. The standard InChI is InChI=1S/C36H43IN4O6/c1-4-25-26-17-24(46-32(42)20-39-15-11-23(12-16-39)40-13-7-6-8-14-40)9-10-30(26)38-33-27(25)19-41-31(33)18-29-28(34(41)43)21-45-35(44)36(29,5-2)47-22(3)37/h9-10,17-18,22-23H,4-8,11-16,19-21H2,1-3H3/t22?,36-/m0/s1. The fourth-order valence-corrected chi connectivity index (χ4v) is 8.58. The van der Waals surface area contributed by atoms with Crippen LogP contribution in [0.2, 0.25) is 0 Å². The van der Waals surface area contributed by atoms with E-state index in [9.17, 15) is 14.4 Å². The molecule has 0 spiro atoms. The Balaban J connectivity index is 1.14. The van der Waals surface area contributed by atoms with Crippen LogP contribution in [-0.2, 0) is 44.2 Å². The van der Waals surface area contributed by atoms with Crippen molar-refractivity contribution in [2.45, 2.75) is 94.6 Å². The van der Waals surface area contributed by atoms with Gasteiger partial charge in [-0.2, -0.15) is 0 Å². The second-order valence-corrected chi connectivity index (χ2v) is 15.0. The van der Waals surface area contributed by atoms with Gasteiger partial charge in [-0.15, -0.1) is 0 Å². The first-order valence-electron chi connectivity index (χ1n) is 17.1. The van der Waals surface area contributed by atoms with Crippen LogP contribution in [0.3, 0.4) is 0 Å². The van der Waals surface area contributed by atoms with Gasteiger partial charge in [0.2, 0.25) is 0 Å². The van der Waals surface area contributed by atoms with Crippen molar-refractivity contribution < 1.29 is 23.8 Å². The number of piperidine rings is 2. The number of pyridine rings is 2. The van der Waals surface area contributed by atoms with Crippen molar-refractivity contribution in [1.82, 2.24) is 19.4 Å². The summed E-state index contributed by atoms with van der Waals surface area (Å²) in [6.45, 7) is 10.6. The monoisotopic (exact) mass is 754 g/mol. The van der Waals surface area contributed by atoms with Crippen molar-refractivity contribution in [2.24, 2.45) is 0 Å². The fourth-order valence-electron chi connectivity index (χ4n) is 8.14. The highest BCUT2D eigenvalue weighted by Crippen LogP contribution is 2.43. The number of rotatable bonds is 8. The quantitative estimate of drug-likeness (QED) is 0.103. The SMILES string of the molecule is CCc1c2c(nc3ccc(OC(=O)CN4CCC(N5CCCCC5)CC4)cc13)-c1cc3c(c(=O)n1C2)COC(=O)[C@@]3(CC)OC(C)I. The van der Waals surface area contributed by atoms with E-state index < -0.39 is 11.6 Å². The summed E-state index contributed by atoms with van der Waals surface area (Å²) in [7, 11) is 0. The number of carbonyl (C=O) groups is 2. The number of aromatic nitrogens is 2. The van der Waals surface area contributed by atoms with E-state index >= 15 is 0 Å². The van der Waals surface area contributed by atoms with Crippen LogP contribution in [0.25, 0.3) is 22.3 Å². The Morgan fingerprint density at radius 1 is 1.09 bits per heavy atom. The molecule has 47 heavy (non-hydrogen) atoms. The Bertz CT molecular complexity index is 1780. The fraction of sp³-hybridized carbons (Fsp3) is 0.556. The van der Waals surface area contributed by atoms with Crippen LogP contribution in [0.5, 0.6) is 5.75 Å². The van der Waals surface area contributed by atoms with E-state index in [1.165, 1.54) is 32.4 Å². The number of benzene rings is 1. The lowest BCUT2D eigenvalue weighted by atomic mass is 9.85. The van der Waals surface area contributed by atoms with Gasteiger partial charge in [0.25, 0.3) is 5.56 Å². The van der Waals surface area contributed by atoms with Crippen molar-refractivity contribution in [1.29, 1.82) is 0 Å². The summed E-state index contributed by atoms with van der Waals surface area (Å²) in [6, 6.07) is 8.13. The van der Waals surface area contributed by atoms with Gasteiger partial charge < -0.3 is 23.7 Å². The number of halogens is 1. The summed E-state index contributed by atoms with van der Waals surface area (Å²) in [4.78, 5) is 50.0. The van der Waals surface area contributed by atoms with E-state index in [2.05, 4.69) is 39.3 Å². The molecule has 6 heterocycles. The highest BCUT2D eigenvalue weighted by Gasteiger charge is 2.49. The maximum absolute atomic E-state index is 13.9. The number of aryl methyl sites for hydroxylation is 1. The van der Waals surface area contributed by atoms with E-state index in [4.69, 9.17) is 19.2 Å². The lowest BCUT2D eigenvalue weighted by molar-refractivity contribution is -0.181. The molecule has 2 aromatic heterocycles. The molecular formula is C36H43IN4O6. The molecule has 0 aliphatic carbocycles. The maximum atomic E-state index is 13.9. The third kappa shape index (κ3) is 5.91. The first-order chi connectivity index (χ1) is 22.7. The molecule has 10 nitrogen and oxygen atoms in total. The molecule has 250 valence electrons. The third-order valence-electron chi connectivity index (χ3n) is 10.5. The smallest absolute Gasteiger partial charge is 0.343 e. The van der Waals surface area contributed by atoms with Crippen molar-refractivity contribution in [2.75, 3.05) is 32.7 Å². The molecule has 4 aliphatic rings. The lowest BCUT2D eigenvalue weighted by Gasteiger charge is -2.39. The van der Waals surface area contributed by atoms with E-state index in [1.807, 2.05) is 32.0 Å². The summed E-state index contributed by atoms with van der Waals surface area (Å²) in [5.41, 5.74) is 3.69. The Labute approximate surface area is 288 Å². The van der Waals surface area contributed by atoms with Gasteiger partial charge >= 0.3 is 11.9 Å². The molecule has 0 bridgehead atoms. The Hall–Kier alpha value is -2.87. The topological polar surface area (TPSA) is 103 Å². The average molecular weight is 755 g/mol. The molecule has 3 aromatic rings. The molecule has 1 aromatic carbocycles. The lowest BCUT2D eigenvalue weighted by Crippen LogP contribution is -2.48. The number of alkyl halides is 1. The van der Waals surface area contributed by atoms with Gasteiger partial charge in [-0.05, 0) is 88.4 Å². The van der Waals surface area contributed by atoms with Crippen LogP contribution in [-0.4, -0.2) is 74.2 Å². The Morgan fingerprint density at radius 2 is 1.85 bits per heavy atom. The number of ether oxygens (including phenoxy) is 3. The first-order valence-corrected chi connectivity index (χ1v) is 18.4. The van der Waals surface area contributed by atoms with Crippen LogP contribution in [0.15, 0.2) is 29.1 Å². The summed E-state index contributed by atoms with van der Waals surface area (Å²) in [6.07, 6.45) is 7.19. The summed E-state index contributed by atoms with van der Waals surface area (Å²) in [5, 5.41) is 0.910. The Morgan fingerprint density at radius 3 is 2.55 bits per heavy atom. The third-order valence-corrected chi connectivity index (χ3v) is 10.8. The van der Waals surface area contributed by atoms with E-state index in [1.54, 1.807) is 10.6 Å². The second-order valence-electron chi connectivity index (χ2n) is 13.3. The van der Waals surface area contributed by atoms with Crippen LogP contribution < -0.4 is 10.3 Å². The highest BCUT2D eigenvalue weighted by molar-refractivity contribution is 14.1. The number of hydrogen-bond donors (Lipinski definition) is 0. The largest absolute Gasteiger partial charge is 0.458 e. The summed E-state index contributed by atoms with van der Waals surface area (Å²) < 4.78 is 19.1. The minimum atomic E-state index is -1.35. The van der Waals surface area contributed by atoms with Crippen molar-refractivity contribution in [3.8, 4) is 17.1 Å². The van der Waals surface area contributed by atoms with E-state index in [0.29, 0.717) is 48.0 Å². The van der Waals surface area contributed by atoms with Crippen molar-refractivity contribution >= 4 is 45.4 Å². The van der Waals surface area contributed by atoms with Crippen molar-refractivity contribution in [3.05, 3.63) is 56.9 Å². The molecule has 0 N–H and O–H groups in total. The van der Waals surface area contributed by atoms with Crippen LogP contribution in [0.4, 0.5) is 0 Å². The van der Waals surface area contributed by atoms with Crippen molar-refractivity contribution in [3.63, 3.8) is 0 Å². The molecule has 0 radical (unpaired) electrons. The molecular weight excluding hydrogens is 711 g/mol. The highest BCUT2D eigenvalue weighted by atomic mass is 127. The molecule has 0 amide bonds. The van der Waals surface area contributed by atoms with Gasteiger partial charge in [0.05, 0.1) is 35.6 Å². The maximum Gasteiger partial charge on any atom is 0.343 e. The molecule has 11 heteroatoms. The van der Waals surface area contributed by atoms with Gasteiger partial charge in [0.1, 0.15) is 16.5 Å². The normalized spacial score (nSPS) is 22.4. The predicted octanol–water partition coefficient (Wildman–Crippen LogP) is 5.30. The molecule has 2 saturated heterocycles. The molecule has 2 fully saturated rings. The van der Waals surface area contributed by atoms with Gasteiger partial charge in [-0.25, -0.2) is 9.78 Å². The van der Waals surface area contributed by atoms with E-state index in [-0.39, 0.29) is 28.8 Å². The number of likely N-dealkylation sites (tertiary alicyclic amines) is 2. The summed E-state index contributed by atoms with van der Waals surface area (Å²) >= 11 is 2.12. The molecule has 7 rings (SSSR count).